The SMILES string of the molecule is COC(=O)c1cc(S(N)(=O)=O)ccc1N1CCN(C(C(=O)OC)c2ccccc2Cl)CC1. The Morgan fingerprint density at radius 1 is 1.03 bits per heavy atom. The first-order valence-corrected chi connectivity index (χ1v) is 11.7. The van der Waals surface area contributed by atoms with Gasteiger partial charge in [-0.15, -0.1) is 0 Å². The van der Waals surface area contributed by atoms with Gasteiger partial charge in [-0.2, -0.15) is 0 Å². The van der Waals surface area contributed by atoms with Gasteiger partial charge in [-0.3, -0.25) is 4.90 Å². The number of halogens is 1. The summed E-state index contributed by atoms with van der Waals surface area (Å²) in [5, 5.41) is 5.67. The molecular weight excluding hydrogens is 458 g/mol. The number of benzene rings is 2. The third-order valence-electron chi connectivity index (χ3n) is 5.35. The van der Waals surface area contributed by atoms with Crippen LogP contribution in [0.15, 0.2) is 47.4 Å². The van der Waals surface area contributed by atoms with Crippen molar-refractivity contribution in [1.29, 1.82) is 0 Å². The number of sulfonamides is 1. The zero-order valence-electron chi connectivity index (χ0n) is 17.7. The Hall–Kier alpha value is -2.66. The summed E-state index contributed by atoms with van der Waals surface area (Å²) in [6, 6.07) is 10.5. The number of anilines is 1. The normalized spacial score (nSPS) is 15.8. The molecule has 0 saturated carbocycles. The van der Waals surface area contributed by atoms with Crippen molar-refractivity contribution in [3.05, 3.63) is 58.6 Å². The van der Waals surface area contributed by atoms with E-state index < -0.39 is 28.0 Å². The van der Waals surface area contributed by atoms with Crippen molar-refractivity contribution in [2.45, 2.75) is 10.9 Å². The Morgan fingerprint density at radius 3 is 2.25 bits per heavy atom. The van der Waals surface area contributed by atoms with Gasteiger partial charge < -0.3 is 14.4 Å². The summed E-state index contributed by atoms with van der Waals surface area (Å²) in [4.78, 5) is 28.6. The third kappa shape index (κ3) is 5.04. The van der Waals surface area contributed by atoms with Crippen LogP contribution in [0.1, 0.15) is 22.0 Å². The van der Waals surface area contributed by atoms with Crippen LogP contribution < -0.4 is 10.0 Å². The molecule has 0 amide bonds. The summed E-state index contributed by atoms with van der Waals surface area (Å²) < 4.78 is 33.3. The molecule has 2 N–H and O–H groups in total. The topological polar surface area (TPSA) is 119 Å². The number of carbonyl (C=O) groups is 2. The lowest BCUT2D eigenvalue weighted by Crippen LogP contribution is -2.50. The minimum Gasteiger partial charge on any atom is -0.468 e. The van der Waals surface area contributed by atoms with Crippen molar-refractivity contribution in [1.82, 2.24) is 4.90 Å². The van der Waals surface area contributed by atoms with Gasteiger partial charge in [0, 0.05) is 31.2 Å². The Balaban J connectivity index is 1.87. The summed E-state index contributed by atoms with van der Waals surface area (Å²) in [5.41, 5.74) is 1.28. The second-order valence-electron chi connectivity index (χ2n) is 7.19. The van der Waals surface area contributed by atoms with Crippen LogP contribution in [0.4, 0.5) is 5.69 Å². The van der Waals surface area contributed by atoms with Crippen LogP contribution in [0.3, 0.4) is 0 Å². The molecule has 11 heteroatoms. The minimum absolute atomic E-state index is 0.100. The standard InChI is InChI=1S/C21H24ClN3O6S/c1-30-20(26)16-13-14(32(23,28)29)7-8-18(16)24-9-11-25(12-10-24)19(21(27)31-2)15-5-3-4-6-17(15)22/h3-8,13,19H,9-12H2,1-2H3,(H2,23,28,29). The Kier molecular flexibility index (Phi) is 7.40. The summed E-state index contributed by atoms with van der Waals surface area (Å²) in [6.45, 7) is 1.89. The number of nitrogens with zero attached hydrogens (tertiary/aromatic N) is 2. The first kappa shape index (κ1) is 24.0. The van der Waals surface area contributed by atoms with Crippen molar-refractivity contribution >= 4 is 39.3 Å². The van der Waals surface area contributed by atoms with E-state index in [-0.39, 0.29) is 10.5 Å². The van der Waals surface area contributed by atoms with Gasteiger partial charge in [-0.1, -0.05) is 29.8 Å². The lowest BCUT2D eigenvalue weighted by atomic mass is 10.0. The molecule has 1 unspecified atom stereocenters. The Labute approximate surface area is 191 Å². The fourth-order valence-corrected chi connectivity index (χ4v) is 4.52. The molecule has 9 nitrogen and oxygen atoms in total. The molecule has 1 aliphatic rings. The number of rotatable bonds is 6. The number of esters is 2. The van der Waals surface area contributed by atoms with Gasteiger partial charge in [-0.05, 0) is 29.8 Å². The van der Waals surface area contributed by atoms with Crippen LogP contribution in [0.5, 0.6) is 0 Å². The average molecular weight is 482 g/mol. The summed E-state index contributed by atoms with van der Waals surface area (Å²) >= 11 is 6.33. The lowest BCUT2D eigenvalue weighted by molar-refractivity contribution is -0.147. The van der Waals surface area contributed by atoms with Crippen LogP contribution in [0.25, 0.3) is 0 Å². The molecule has 2 aromatic carbocycles. The highest BCUT2D eigenvalue weighted by Crippen LogP contribution is 2.31. The molecule has 1 fully saturated rings. The van der Waals surface area contributed by atoms with E-state index in [0.717, 1.165) is 0 Å². The minimum atomic E-state index is -3.98. The summed E-state index contributed by atoms with van der Waals surface area (Å²) in [6.07, 6.45) is 0. The van der Waals surface area contributed by atoms with Crippen LogP contribution >= 0.6 is 11.6 Å². The highest BCUT2D eigenvalue weighted by atomic mass is 35.5. The maximum atomic E-state index is 12.6. The Morgan fingerprint density at radius 2 is 1.69 bits per heavy atom. The van der Waals surface area contributed by atoms with E-state index in [2.05, 4.69) is 0 Å². The molecule has 0 radical (unpaired) electrons. The van der Waals surface area contributed by atoms with Gasteiger partial charge in [0.25, 0.3) is 0 Å². The van der Waals surface area contributed by atoms with Crippen LogP contribution in [0.2, 0.25) is 5.02 Å². The molecule has 0 aliphatic carbocycles. The van der Waals surface area contributed by atoms with Crippen LogP contribution in [-0.2, 0) is 24.3 Å². The quantitative estimate of drug-likeness (QED) is 0.620. The number of primary sulfonamides is 1. The highest BCUT2D eigenvalue weighted by Gasteiger charge is 2.33. The summed E-state index contributed by atoms with van der Waals surface area (Å²) in [5.74, 6) is -1.09. The van der Waals surface area contributed by atoms with E-state index in [0.29, 0.717) is 42.5 Å². The molecule has 0 bridgehead atoms. The number of methoxy groups -OCH3 is 2. The van der Waals surface area contributed by atoms with Crippen molar-refractivity contribution in [2.24, 2.45) is 5.14 Å². The third-order valence-corrected chi connectivity index (χ3v) is 6.60. The number of ether oxygens (including phenoxy) is 2. The van der Waals surface area contributed by atoms with E-state index in [1.54, 1.807) is 18.2 Å². The van der Waals surface area contributed by atoms with Crippen molar-refractivity contribution < 1.29 is 27.5 Å². The van der Waals surface area contributed by atoms with Gasteiger partial charge in [0.05, 0.1) is 30.4 Å². The zero-order chi connectivity index (χ0) is 23.5. The van der Waals surface area contributed by atoms with Crippen molar-refractivity contribution in [3.8, 4) is 0 Å². The lowest BCUT2D eigenvalue weighted by Gasteiger charge is -2.39. The molecule has 2 aromatic rings. The number of piperazine rings is 1. The maximum Gasteiger partial charge on any atom is 0.340 e. The molecule has 1 atom stereocenters. The highest BCUT2D eigenvalue weighted by molar-refractivity contribution is 7.89. The fourth-order valence-electron chi connectivity index (χ4n) is 3.74. The molecule has 1 aliphatic heterocycles. The van der Waals surface area contributed by atoms with Crippen LogP contribution in [-0.4, -0.2) is 65.7 Å². The molecule has 1 saturated heterocycles. The molecule has 0 aromatic heterocycles. The van der Waals surface area contributed by atoms with E-state index in [1.807, 2.05) is 15.9 Å². The van der Waals surface area contributed by atoms with E-state index >= 15 is 0 Å². The number of carbonyl (C=O) groups excluding carboxylic acids is 2. The molecular formula is C21H24ClN3O6S. The summed E-state index contributed by atoms with van der Waals surface area (Å²) in [7, 11) is -1.43. The van der Waals surface area contributed by atoms with Crippen LogP contribution in [0, 0.1) is 0 Å². The predicted molar refractivity (Wildman–Crippen MR) is 119 cm³/mol. The molecule has 32 heavy (non-hydrogen) atoms. The van der Waals surface area contributed by atoms with Gasteiger partial charge in [-0.25, -0.2) is 23.1 Å². The number of nitrogens with two attached hydrogens (primary N) is 1. The monoisotopic (exact) mass is 481 g/mol. The van der Waals surface area contributed by atoms with Crippen molar-refractivity contribution in [2.75, 3.05) is 45.3 Å². The maximum absolute atomic E-state index is 12.6. The Bertz CT molecular complexity index is 1120. The first-order chi connectivity index (χ1) is 15.2. The van der Waals surface area contributed by atoms with E-state index in [4.69, 9.17) is 26.2 Å². The van der Waals surface area contributed by atoms with Gasteiger partial charge in [0.15, 0.2) is 0 Å². The molecule has 172 valence electrons. The number of hydrogen-bond donors (Lipinski definition) is 1. The second-order valence-corrected chi connectivity index (χ2v) is 9.15. The zero-order valence-corrected chi connectivity index (χ0v) is 19.2. The van der Waals surface area contributed by atoms with Gasteiger partial charge in [0.1, 0.15) is 6.04 Å². The van der Waals surface area contributed by atoms with E-state index in [1.165, 1.54) is 32.4 Å². The second kappa shape index (κ2) is 9.86. The van der Waals surface area contributed by atoms with E-state index in [9.17, 15) is 18.0 Å². The van der Waals surface area contributed by atoms with Gasteiger partial charge in [0.2, 0.25) is 10.0 Å². The molecule has 1 heterocycles. The predicted octanol–water partition coefficient (Wildman–Crippen LogP) is 1.81. The number of hydrogen-bond acceptors (Lipinski definition) is 8. The smallest absolute Gasteiger partial charge is 0.340 e. The molecule has 3 rings (SSSR count). The fraction of sp³-hybridized carbons (Fsp3) is 0.333. The van der Waals surface area contributed by atoms with Crippen molar-refractivity contribution in [3.63, 3.8) is 0 Å². The first-order valence-electron chi connectivity index (χ1n) is 9.73. The average Bonchev–Trinajstić information content (AvgIpc) is 2.79. The molecule has 0 spiro atoms. The van der Waals surface area contributed by atoms with Gasteiger partial charge >= 0.3 is 11.9 Å². The largest absolute Gasteiger partial charge is 0.468 e.